The number of hydrogen-bond acceptors (Lipinski definition) is 3. The van der Waals surface area contributed by atoms with Gasteiger partial charge >= 0.3 is 0 Å². The van der Waals surface area contributed by atoms with Crippen LogP contribution in [0.2, 0.25) is 0 Å². The third-order valence-electron chi connectivity index (χ3n) is 4.05. The SMILES string of the molecule is CCNC1c2ccccc2CC1N(C)CCCOC. The molecule has 1 aromatic carbocycles. The Hall–Kier alpha value is -0.900. The number of likely N-dealkylation sites (N-methyl/N-ethyl adjacent to an activating group) is 2. The third kappa shape index (κ3) is 3.35. The lowest BCUT2D eigenvalue weighted by Gasteiger charge is -2.30. The number of ether oxygens (including phenoxy) is 1. The van der Waals surface area contributed by atoms with Gasteiger partial charge in [-0.1, -0.05) is 31.2 Å². The summed E-state index contributed by atoms with van der Waals surface area (Å²) in [6.07, 6.45) is 2.25. The molecule has 0 spiro atoms. The number of hydrogen-bond donors (Lipinski definition) is 1. The first-order valence-electron chi connectivity index (χ1n) is 7.28. The predicted molar refractivity (Wildman–Crippen MR) is 79.5 cm³/mol. The average Bonchev–Trinajstić information content (AvgIpc) is 2.79. The van der Waals surface area contributed by atoms with Gasteiger partial charge in [0.15, 0.2) is 0 Å². The summed E-state index contributed by atoms with van der Waals surface area (Å²) in [4.78, 5) is 2.48. The van der Waals surface area contributed by atoms with Crippen molar-refractivity contribution in [3.05, 3.63) is 35.4 Å². The van der Waals surface area contributed by atoms with E-state index >= 15 is 0 Å². The summed E-state index contributed by atoms with van der Waals surface area (Å²) in [7, 11) is 4.00. The summed E-state index contributed by atoms with van der Waals surface area (Å²) in [6.45, 7) is 5.13. The standard InChI is InChI=1S/C16H26N2O/c1-4-17-16-14-9-6-5-8-13(14)12-15(16)18(2)10-7-11-19-3/h5-6,8-9,15-17H,4,7,10-12H2,1-3H3. The second kappa shape index (κ2) is 7.04. The monoisotopic (exact) mass is 262 g/mol. The zero-order chi connectivity index (χ0) is 13.7. The van der Waals surface area contributed by atoms with Gasteiger partial charge in [-0.15, -0.1) is 0 Å². The molecule has 0 radical (unpaired) electrons. The lowest BCUT2D eigenvalue weighted by atomic mass is 10.1. The lowest BCUT2D eigenvalue weighted by Crippen LogP contribution is -2.41. The van der Waals surface area contributed by atoms with Crippen molar-refractivity contribution in [1.29, 1.82) is 0 Å². The molecule has 3 nitrogen and oxygen atoms in total. The fourth-order valence-corrected chi connectivity index (χ4v) is 3.07. The molecule has 3 heteroatoms. The molecule has 0 aliphatic heterocycles. The summed E-state index contributed by atoms with van der Waals surface area (Å²) >= 11 is 0. The highest BCUT2D eigenvalue weighted by atomic mass is 16.5. The zero-order valence-electron chi connectivity index (χ0n) is 12.4. The molecule has 0 bridgehead atoms. The lowest BCUT2D eigenvalue weighted by molar-refractivity contribution is 0.155. The van der Waals surface area contributed by atoms with Crippen molar-refractivity contribution in [1.82, 2.24) is 10.2 Å². The first-order chi connectivity index (χ1) is 9.27. The minimum absolute atomic E-state index is 0.466. The Balaban J connectivity index is 2.05. The van der Waals surface area contributed by atoms with E-state index < -0.39 is 0 Å². The summed E-state index contributed by atoms with van der Waals surface area (Å²) < 4.78 is 5.15. The topological polar surface area (TPSA) is 24.5 Å². The summed E-state index contributed by atoms with van der Waals surface area (Å²) in [5, 5.41) is 3.65. The van der Waals surface area contributed by atoms with Gasteiger partial charge in [0.25, 0.3) is 0 Å². The highest BCUT2D eigenvalue weighted by molar-refractivity contribution is 5.37. The summed E-state index contributed by atoms with van der Waals surface area (Å²) in [5.41, 5.74) is 2.98. The van der Waals surface area contributed by atoms with E-state index in [0.717, 1.165) is 32.5 Å². The minimum atomic E-state index is 0.466. The van der Waals surface area contributed by atoms with Crippen LogP contribution in [0.1, 0.15) is 30.5 Å². The van der Waals surface area contributed by atoms with Gasteiger partial charge in [-0.2, -0.15) is 0 Å². The molecule has 1 aliphatic carbocycles. The van der Waals surface area contributed by atoms with Crippen LogP contribution in [0.3, 0.4) is 0 Å². The minimum Gasteiger partial charge on any atom is -0.385 e. The second-order valence-corrected chi connectivity index (χ2v) is 5.33. The van der Waals surface area contributed by atoms with Crippen LogP contribution in [0, 0.1) is 0 Å². The highest BCUT2D eigenvalue weighted by Crippen LogP contribution is 2.33. The van der Waals surface area contributed by atoms with Crippen LogP contribution in [0.15, 0.2) is 24.3 Å². The number of fused-ring (bicyclic) bond motifs is 1. The van der Waals surface area contributed by atoms with Crippen molar-refractivity contribution in [2.24, 2.45) is 0 Å². The van der Waals surface area contributed by atoms with Gasteiger partial charge in [0.2, 0.25) is 0 Å². The number of methoxy groups -OCH3 is 1. The normalized spacial score (nSPS) is 21.9. The van der Waals surface area contributed by atoms with E-state index in [2.05, 4.69) is 48.5 Å². The van der Waals surface area contributed by atoms with Crippen molar-refractivity contribution in [2.45, 2.75) is 31.8 Å². The maximum absolute atomic E-state index is 5.15. The Morgan fingerprint density at radius 3 is 2.89 bits per heavy atom. The van der Waals surface area contributed by atoms with Crippen LogP contribution in [0.25, 0.3) is 0 Å². The Kier molecular flexibility index (Phi) is 5.37. The maximum atomic E-state index is 5.15. The van der Waals surface area contributed by atoms with Crippen molar-refractivity contribution in [2.75, 3.05) is 33.9 Å². The summed E-state index contributed by atoms with van der Waals surface area (Å²) in [5.74, 6) is 0. The van der Waals surface area contributed by atoms with E-state index in [9.17, 15) is 0 Å². The molecular weight excluding hydrogens is 236 g/mol. The van der Waals surface area contributed by atoms with Crippen molar-refractivity contribution >= 4 is 0 Å². The largest absolute Gasteiger partial charge is 0.385 e. The van der Waals surface area contributed by atoms with Crippen LogP contribution >= 0.6 is 0 Å². The smallest absolute Gasteiger partial charge is 0.0483 e. The van der Waals surface area contributed by atoms with Crippen molar-refractivity contribution in [3.63, 3.8) is 0 Å². The molecule has 0 fully saturated rings. The summed E-state index contributed by atoms with van der Waals surface area (Å²) in [6, 6.07) is 9.86. The number of benzene rings is 1. The number of rotatable bonds is 7. The zero-order valence-corrected chi connectivity index (χ0v) is 12.4. The molecule has 2 rings (SSSR count). The molecule has 106 valence electrons. The van der Waals surface area contributed by atoms with Gasteiger partial charge in [-0.25, -0.2) is 0 Å². The first-order valence-corrected chi connectivity index (χ1v) is 7.28. The fourth-order valence-electron chi connectivity index (χ4n) is 3.07. The average molecular weight is 262 g/mol. The number of nitrogens with one attached hydrogen (secondary N) is 1. The Bertz CT molecular complexity index is 394. The predicted octanol–water partition coefficient (Wildman–Crippen LogP) is 2.23. The van der Waals surface area contributed by atoms with Crippen LogP contribution in [-0.2, 0) is 11.2 Å². The molecule has 0 amide bonds. The second-order valence-electron chi connectivity index (χ2n) is 5.33. The van der Waals surface area contributed by atoms with E-state index in [1.165, 1.54) is 11.1 Å². The maximum Gasteiger partial charge on any atom is 0.0483 e. The molecule has 2 atom stereocenters. The van der Waals surface area contributed by atoms with Crippen LogP contribution in [-0.4, -0.2) is 44.8 Å². The first kappa shape index (κ1) is 14.5. The van der Waals surface area contributed by atoms with Gasteiger partial charge in [0.05, 0.1) is 0 Å². The van der Waals surface area contributed by atoms with Crippen LogP contribution in [0.4, 0.5) is 0 Å². The molecule has 1 aromatic rings. The molecule has 0 heterocycles. The quantitative estimate of drug-likeness (QED) is 0.763. The van der Waals surface area contributed by atoms with E-state index in [0.29, 0.717) is 12.1 Å². The molecule has 1 aliphatic rings. The van der Waals surface area contributed by atoms with Gasteiger partial charge in [0, 0.05) is 32.3 Å². The van der Waals surface area contributed by atoms with Crippen LogP contribution < -0.4 is 5.32 Å². The van der Waals surface area contributed by atoms with Crippen molar-refractivity contribution < 1.29 is 4.74 Å². The molecular formula is C16H26N2O. The van der Waals surface area contributed by atoms with Gasteiger partial charge in [-0.05, 0) is 37.6 Å². The molecule has 0 saturated heterocycles. The van der Waals surface area contributed by atoms with Gasteiger partial charge in [0.1, 0.15) is 0 Å². The van der Waals surface area contributed by atoms with E-state index in [-0.39, 0.29) is 0 Å². The Labute approximate surface area is 116 Å². The molecule has 19 heavy (non-hydrogen) atoms. The Morgan fingerprint density at radius 2 is 2.16 bits per heavy atom. The molecule has 0 saturated carbocycles. The van der Waals surface area contributed by atoms with E-state index in [4.69, 9.17) is 4.74 Å². The highest BCUT2D eigenvalue weighted by Gasteiger charge is 2.33. The van der Waals surface area contributed by atoms with Gasteiger partial charge in [-0.3, -0.25) is 0 Å². The Morgan fingerprint density at radius 1 is 1.37 bits per heavy atom. The number of nitrogens with zero attached hydrogens (tertiary/aromatic N) is 1. The third-order valence-corrected chi connectivity index (χ3v) is 4.05. The molecule has 0 aromatic heterocycles. The fraction of sp³-hybridized carbons (Fsp3) is 0.625. The van der Waals surface area contributed by atoms with Crippen molar-refractivity contribution in [3.8, 4) is 0 Å². The van der Waals surface area contributed by atoms with Gasteiger partial charge < -0.3 is 15.0 Å². The van der Waals surface area contributed by atoms with Crippen LogP contribution in [0.5, 0.6) is 0 Å². The molecule has 1 N–H and O–H groups in total. The molecule has 2 unspecified atom stereocenters. The van der Waals surface area contributed by atoms with E-state index in [1.807, 2.05) is 0 Å². The van der Waals surface area contributed by atoms with E-state index in [1.54, 1.807) is 7.11 Å².